The molecule has 5 nitrogen and oxygen atoms in total. The van der Waals surface area contributed by atoms with Crippen molar-refractivity contribution in [1.29, 1.82) is 0 Å². The number of nitrogens with one attached hydrogen (secondary N) is 1. The van der Waals surface area contributed by atoms with E-state index in [0.29, 0.717) is 12.1 Å². The first-order valence-electron chi connectivity index (χ1n) is 7.81. The van der Waals surface area contributed by atoms with Crippen molar-refractivity contribution in [3.63, 3.8) is 0 Å². The summed E-state index contributed by atoms with van der Waals surface area (Å²) in [5.41, 5.74) is 4.32. The Kier molecular flexibility index (Phi) is 4.10. The van der Waals surface area contributed by atoms with Crippen LogP contribution in [0.15, 0.2) is 36.5 Å². The van der Waals surface area contributed by atoms with Crippen molar-refractivity contribution < 1.29 is 4.79 Å². The molecule has 118 valence electrons. The molecule has 0 atom stereocenters. The zero-order valence-electron chi connectivity index (χ0n) is 13.6. The molecule has 0 fully saturated rings. The van der Waals surface area contributed by atoms with Gasteiger partial charge in [-0.3, -0.25) is 9.36 Å². The largest absolute Gasteiger partial charge is 0.352 e. The maximum absolute atomic E-state index is 12.2. The number of aryl methyl sites for hydroxylation is 2. The number of benzene rings is 1. The molecule has 1 aromatic carbocycles. The summed E-state index contributed by atoms with van der Waals surface area (Å²) in [6.45, 7) is 6.69. The Labute approximate surface area is 135 Å². The summed E-state index contributed by atoms with van der Waals surface area (Å²) in [5, 5.41) is 2.91. The van der Waals surface area contributed by atoms with Crippen LogP contribution in [0.4, 0.5) is 0 Å². The van der Waals surface area contributed by atoms with Crippen LogP contribution in [0.2, 0.25) is 0 Å². The third-order valence-corrected chi connectivity index (χ3v) is 3.83. The fourth-order valence-electron chi connectivity index (χ4n) is 2.65. The van der Waals surface area contributed by atoms with Gasteiger partial charge in [0.2, 0.25) is 0 Å². The summed E-state index contributed by atoms with van der Waals surface area (Å²) in [6.07, 6.45) is 2.67. The minimum absolute atomic E-state index is 0.0527. The molecule has 23 heavy (non-hydrogen) atoms. The number of carbonyl (C=O) groups is 1. The van der Waals surface area contributed by atoms with Crippen molar-refractivity contribution in [3.05, 3.63) is 53.5 Å². The molecule has 5 heteroatoms. The molecule has 3 aromatic rings. The van der Waals surface area contributed by atoms with Crippen LogP contribution in [-0.2, 0) is 0 Å². The van der Waals surface area contributed by atoms with Crippen molar-refractivity contribution in [1.82, 2.24) is 19.9 Å². The lowest BCUT2D eigenvalue weighted by Crippen LogP contribution is -2.24. The van der Waals surface area contributed by atoms with E-state index in [1.54, 1.807) is 6.20 Å². The van der Waals surface area contributed by atoms with Gasteiger partial charge in [-0.1, -0.05) is 13.0 Å². The Hall–Kier alpha value is -2.69. The number of pyridine rings is 1. The van der Waals surface area contributed by atoms with E-state index >= 15 is 0 Å². The van der Waals surface area contributed by atoms with Crippen LogP contribution in [0.1, 0.15) is 35.1 Å². The SMILES string of the molecule is CCCNC(=O)c1ccc(C)c(-n2c(C)nc3cccnc32)c1. The van der Waals surface area contributed by atoms with Crippen LogP contribution in [0.3, 0.4) is 0 Å². The van der Waals surface area contributed by atoms with Crippen molar-refractivity contribution >= 4 is 17.1 Å². The molecule has 3 rings (SSSR count). The maximum Gasteiger partial charge on any atom is 0.251 e. The van der Waals surface area contributed by atoms with Gasteiger partial charge >= 0.3 is 0 Å². The number of amides is 1. The standard InChI is InChI=1S/C18H20N4O/c1-4-9-20-18(23)14-8-7-12(2)16(11-14)22-13(3)21-15-6-5-10-19-17(15)22/h5-8,10-11H,4,9H2,1-3H3,(H,20,23). The van der Waals surface area contributed by atoms with Gasteiger partial charge in [-0.05, 0) is 50.1 Å². The van der Waals surface area contributed by atoms with Crippen LogP contribution in [-0.4, -0.2) is 27.0 Å². The molecule has 0 aliphatic rings. The summed E-state index contributed by atoms with van der Waals surface area (Å²) in [4.78, 5) is 21.2. The highest BCUT2D eigenvalue weighted by Crippen LogP contribution is 2.23. The van der Waals surface area contributed by atoms with E-state index in [1.807, 2.05) is 55.7 Å². The number of aromatic nitrogens is 3. The average Bonchev–Trinajstić information content (AvgIpc) is 2.89. The number of carbonyl (C=O) groups excluding carboxylic acids is 1. The smallest absolute Gasteiger partial charge is 0.251 e. The number of rotatable bonds is 4. The highest BCUT2D eigenvalue weighted by molar-refractivity contribution is 5.95. The van der Waals surface area contributed by atoms with E-state index in [4.69, 9.17) is 0 Å². The van der Waals surface area contributed by atoms with Crippen LogP contribution in [0, 0.1) is 13.8 Å². The molecule has 0 spiro atoms. The third kappa shape index (κ3) is 2.82. The van der Waals surface area contributed by atoms with Gasteiger partial charge < -0.3 is 5.32 Å². The number of hydrogen-bond donors (Lipinski definition) is 1. The van der Waals surface area contributed by atoms with E-state index in [2.05, 4.69) is 15.3 Å². The molecule has 0 radical (unpaired) electrons. The Bertz CT molecular complexity index is 867. The topological polar surface area (TPSA) is 59.8 Å². The molecule has 0 unspecified atom stereocenters. The maximum atomic E-state index is 12.2. The van der Waals surface area contributed by atoms with E-state index in [1.165, 1.54) is 0 Å². The van der Waals surface area contributed by atoms with Crippen molar-refractivity contribution in [2.75, 3.05) is 6.54 Å². The normalized spacial score (nSPS) is 10.9. The molecule has 2 aromatic heterocycles. The van der Waals surface area contributed by atoms with Gasteiger partial charge in [0.25, 0.3) is 5.91 Å². The van der Waals surface area contributed by atoms with Crippen LogP contribution >= 0.6 is 0 Å². The first-order valence-corrected chi connectivity index (χ1v) is 7.81. The van der Waals surface area contributed by atoms with Gasteiger partial charge in [0.1, 0.15) is 11.3 Å². The number of hydrogen-bond acceptors (Lipinski definition) is 3. The second-order valence-electron chi connectivity index (χ2n) is 5.60. The average molecular weight is 308 g/mol. The predicted molar refractivity (Wildman–Crippen MR) is 91.0 cm³/mol. The first kappa shape index (κ1) is 15.2. The first-order chi connectivity index (χ1) is 11.1. The van der Waals surface area contributed by atoms with Gasteiger partial charge in [-0.15, -0.1) is 0 Å². The summed E-state index contributed by atoms with van der Waals surface area (Å²) in [5.74, 6) is 0.802. The lowest BCUT2D eigenvalue weighted by Gasteiger charge is -2.12. The van der Waals surface area contributed by atoms with E-state index < -0.39 is 0 Å². The minimum atomic E-state index is -0.0527. The second kappa shape index (κ2) is 6.20. The summed E-state index contributed by atoms with van der Waals surface area (Å²) < 4.78 is 2.00. The van der Waals surface area contributed by atoms with Gasteiger partial charge in [-0.25, -0.2) is 9.97 Å². The Morgan fingerprint density at radius 3 is 2.87 bits per heavy atom. The van der Waals surface area contributed by atoms with Gasteiger partial charge in [-0.2, -0.15) is 0 Å². The van der Waals surface area contributed by atoms with Gasteiger partial charge in [0.05, 0.1) is 5.69 Å². The predicted octanol–water partition coefficient (Wildman–Crippen LogP) is 3.18. The van der Waals surface area contributed by atoms with Crippen molar-refractivity contribution in [2.45, 2.75) is 27.2 Å². The Morgan fingerprint density at radius 2 is 2.09 bits per heavy atom. The summed E-state index contributed by atoms with van der Waals surface area (Å²) >= 11 is 0. The molecule has 0 bridgehead atoms. The molecule has 2 heterocycles. The molecule has 0 aliphatic carbocycles. The minimum Gasteiger partial charge on any atom is -0.352 e. The zero-order chi connectivity index (χ0) is 16.4. The summed E-state index contributed by atoms with van der Waals surface area (Å²) in [6, 6.07) is 9.54. The van der Waals surface area contributed by atoms with Crippen LogP contribution in [0.5, 0.6) is 0 Å². The van der Waals surface area contributed by atoms with Crippen molar-refractivity contribution in [2.24, 2.45) is 0 Å². The molecular weight excluding hydrogens is 288 g/mol. The molecule has 0 saturated heterocycles. The third-order valence-electron chi connectivity index (χ3n) is 3.83. The fourth-order valence-corrected chi connectivity index (χ4v) is 2.65. The Balaban J connectivity index is 2.11. The molecule has 0 saturated carbocycles. The Morgan fingerprint density at radius 1 is 1.26 bits per heavy atom. The molecule has 1 amide bonds. The second-order valence-corrected chi connectivity index (χ2v) is 5.60. The van der Waals surface area contributed by atoms with Crippen LogP contribution < -0.4 is 5.32 Å². The van der Waals surface area contributed by atoms with E-state index in [0.717, 1.165) is 34.7 Å². The zero-order valence-corrected chi connectivity index (χ0v) is 13.6. The highest BCUT2D eigenvalue weighted by Gasteiger charge is 2.14. The quantitative estimate of drug-likeness (QED) is 0.805. The van der Waals surface area contributed by atoms with E-state index in [-0.39, 0.29) is 5.91 Å². The lowest BCUT2D eigenvalue weighted by atomic mass is 10.1. The van der Waals surface area contributed by atoms with Gasteiger partial charge in [0.15, 0.2) is 5.65 Å². The fraction of sp³-hybridized carbons (Fsp3) is 0.278. The monoisotopic (exact) mass is 308 g/mol. The summed E-state index contributed by atoms with van der Waals surface area (Å²) in [7, 11) is 0. The molecule has 1 N–H and O–H groups in total. The van der Waals surface area contributed by atoms with Gasteiger partial charge in [0, 0.05) is 18.3 Å². The number of nitrogens with zero attached hydrogens (tertiary/aromatic N) is 3. The number of imidazole rings is 1. The van der Waals surface area contributed by atoms with E-state index in [9.17, 15) is 4.79 Å². The molecule has 0 aliphatic heterocycles. The highest BCUT2D eigenvalue weighted by atomic mass is 16.1. The molecular formula is C18H20N4O. The van der Waals surface area contributed by atoms with Crippen LogP contribution in [0.25, 0.3) is 16.9 Å². The number of fused-ring (bicyclic) bond motifs is 1. The lowest BCUT2D eigenvalue weighted by molar-refractivity contribution is 0.0953. The van der Waals surface area contributed by atoms with Crippen molar-refractivity contribution in [3.8, 4) is 5.69 Å².